The number of benzene rings is 2. The highest BCUT2D eigenvalue weighted by Crippen LogP contribution is 2.36. The summed E-state index contributed by atoms with van der Waals surface area (Å²) in [5.41, 5.74) is 3.07. The van der Waals surface area contributed by atoms with Gasteiger partial charge in [0, 0.05) is 23.7 Å². The monoisotopic (exact) mass is 237 g/mol. The lowest BCUT2D eigenvalue weighted by atomic mass is 10.0. The lowest BCUT2D eigenvalue weighted by molar-refractivity contribution is 0.0988. The fraction of sp³-hybridized carbons (Fsp3) is 0.188. The van der Waals surface area contributed by atoms with E-state index in [1.807, 2.05) is 53.4 Å². The summed E-state index contributed by atoms with van der Waals surface area (Å²) in [4.78, 5) is 14.4. The average molecular weight is 237 g/mol. The maximum absolute atomic E-state index is 12.5. The molecule has 0 spiro atoms. The van der Waals surface area contributed by atoms with E-state index in [1.165, 1.54) is 5.56 Å². The highest BCUT2D eigenvalue weighted by molar-refractivity contribution is 6.07. The Labute approximate surface area is 107 Å². The maximum Gasteiger partial charge on any atom is 0.258 e. The second kappa shape index (κ2) is 4.30. The minimum Gasteiger partial charge on any atom is -0.307 e. The third-order valence-electron chi connectivity index (χ3n) is 3.48. The number of hydrogen-bond donors (Lipinski definition) is 0. The first-order valence-corrected chi connectivity index (χ1v) is 6.23. The molecule has 1 heterocycles. The number of hydrogen-bond acceptors (Lipinski definition) is 1. The first kappa shape index (κ1) is 11.0. The summed E-state index contributed by atoms with van der Waals surface area (Å²) < 4.78 is 0. The van der Waals surface area contributed by atoms with Crippen molar-refractivity contribution in [3.63, 3.8) is 0 Å². The van der Waals surface area contributed by atoms with Gasteiger partial charge in [0.25, 0.3) is 5.91 Å². The van der Waals surface area contributed by atoms with E-state index in [1.54, 1.807) is 0 Å². The van der Waals surface area contributed by atoms with Crippen LogP contribution in [0.1, 0.15) is 28.8 Å². The van der Waals surface area contributed by atoms with E-state index in [-0.39, 0.29) is 5.91 Å². The Morgan fingerprint density at radius 2 is 1.72 bits per heavy atom. The number of carbonyl (C=O) groups excluding carboxylic acids is 1. The molecule has 0 radical (unpaired) electrons. The number of anilines is 1. The molecule has 1 aliphatic rings. The number of nitrogens with zero attached hydrogens (tertiary/aromatic N) is 1. The number of carbonyl (C=O) groups is 1. The van der Waals surface area contributed by atoms with Crippen LogP contribution in [0.5, 0.6) is 0 Å². The van der Waals surface area contributed by atoms with Gasteiger partial charge in [-0.3, -0.25) is 4.79 Å². The largest absolute Gasteiger partial charge is 0.307 e. The molecule has 1 aliphatic heterocycles. The molecule has 18 heavy (non-hydrogen) atoms. The van der Waals surface area contributed by atoms with E-state index in [4.69, 9.17) is 0 Å². The molecule has 2 heteroatoms. The SMILES string of the molecule is CC1CN(C(=O)c2ccccc2)c2ccccc21. The van der Waals surface area contributed by atoms with Gasteiger partial charge < -0.3 is 4.90 Å². The quantitative estimate of drug-likeness (QED) is 0.744. The van der Waals surface area contributed by atoms with Crippen LogP contribution in [0.25, 0.3) is 0 Å². The van der Waals surface area contributed by atoms with Crippen LogP contribution >= 0.6 is 0 Å². The van der Waals surface area contributed by atoms with E-state index in [2.05, 4.69) is 13.0 Å². The number of fused-ring (bicyclic) bond motifs is 1. The fourth-order valence-electron chi connectivity index (χ4n) is 2.55. The Kier molecular flexibility index (Phi) is 2.63. The van der Waals surface area contributed by atoms with Crippen LogP contribution < -0.4 is 4.90 Å². The zero-order chi connectivity index (χ0) is 12.5. The number of rotatable bonds is 1. The summed E-state index contributed by atoms with van der Waals surface area (Å²) >= 11 is 0. The summed E-state index contributed by atoms with van der Waals surface area (Å²) in [5.74, 6) is 0.501. The van der Waals surface area contributed by atoms with Gasteiger partial charge in [0.2, 0.25) is 0 Å². The first-order valence-electron chi connectivity index (χ1n) is 6.23. The van der Waals surface area contributed by atoms with Crippen molar-refractivity contribution in [3.8, 4) is 0 Å². The molecule has 1 unspecified atom stereocenters. The van der Waals surface area contributed by atoms with Crippen molar-refractivity contribution >= 4 is 11.6 Å². The second-order valence-electron chi connectivity index (χ2n) is 4.74. The smallest absolute Gasteiger partial charge is 0.258 e. The highest BCUT2D eigenvalue weighted by atomic mass is 16.2. The van der Waals surface area contributed by atoms with Gasteiger partial charge in [0.1, 0.15) is 0 Å². The van der Waals surface area contributed by atoms with Crippen LogP contribution in [0, 0.1) is 0 Å². The van der Waals surface area contributed by atoms with E-state index < -0.39 is 0 Å². The van der Waals surface area contributed by atoms with Gasteiger partial charge in [-0.15, -0.1) is 0 Å². The predicted molar refractivity (Wildman–Crippen MR) is 73.0 cm³/mol. The van der Waals surface area contributed by atoms with E-state index >= 15 is 0 Å². The summed E-state index contributed by atoms with van der Waals surface area (Å²) in [5, 5.41) is 0. The Balaban J connectivity index is 1.98. The number of para-hydroxylation sites is 1. The Morgan fingerprint density at radius 3 is 2.50 bits per heavy atom. The van der Waals surface area contributed by atoms with Crippen LogP contribution in [-0.2, 0) is 0 Å². The molecular weight excluding hydrogens is 222 g/mol. The van der Waals surface area contributed by atoms with Crippen molar-refractivity contribution in [1.82, 2.24) is 0 Å². The van der Waals surface area contributed by atoms with Crippen LogP contribution in [0.4, 0.5) is 5.69 Å². The van der Waals surface area contributed by atoms with Crippen molar-refractivity contribution in [2.45, 2.75) is 12.8 Å². The minimum atomic E-state index is 0.0902. The molecule has 2 nitrogen and oxygen atoms in total. The fourth-order valence-corrected chi connectivity index (χ4v) is 2.55. The molecule has 0 N–H and O–H groups in total. The third-order valence-corrected chi connectivity index (χ3v) is 3.48. The summed E-state index contributed by atoms with van der Waals surface area (Å²) in [6.45, 7) is 2.93. The lowest BCUT2D eigenvalue weighted by Crippen LogP contribution is -2.29. The normalized spacial score (nSPS) is 17.6. The van der Waals surface area contributed by atoms with Gasteiger partial charge in [-0.2, -0.15) is 0 Å². The highest BCUT2D eigenvalue weighted by Gasteiger charge is 2.29. The molecule has 0 saturated carbocycles. The van der Waals surface area contributed by atoms with Crippen LogP contribution in [0.15, 0.2) is 54.6 Å². The Morgan fingerprint density at radius 1 is 1.06 bits per heavy atom. The summed E-state index contributed by atoms with van der Waals surface area (Å²) in [6.07, 6.45) is 0. The van der Waals surface area contributed by atoms with Crippen molar-refractivity contribution in [2.75, 3.05) is 11.4 Å². The van der Waals surface area contributed by atoms with E-state index in [0.29, 0.717) is 5.92 Å². The van der Waals surface area contributed by atoms with Gasteiger partial charge in [-0.05, 0) is 23.8 Å². The number of amides is 1. The van der Waals surface area contributed by atoms with Crippen molar-refractivity contribution in [3.05, 3.63) is 65.7 Å². The molecule has 2 aromatic rings. The van der Waals surface area contributed by atoms with Crippen LogP contribution in [0.3, 0.4) is 0 Å². The molecule has 90 valence electrons. The molecule has 0 saturated heterocycles. The van der Waals surface area contributed by atoms with Crippen molar-refractivity contribution in [2.24, 2.45) is 0 Å². The van der Waals surface area contributed by atoms with Gasteiger partial charge >= 0.3 is 0 Å². The van der Waals surface area contributed by atoms with Gasteiger partial charge in [-0.25, -0.2) is 0 Å². The van der Waals surface area contributed by atoms with Crippen LogP contribution in [0.2, 0.25) is 0 Å². The summed E-state index contributed by atoms with van der Waals surface area (Å²) in [6, 6.07) is 17.6. The van der Waals surface area contributed by atoms with Crippen molar-refractivity contribution < 1.29 is 4.79 Å². The average Bonchev–Trinajstić information content (AvgIpc) is 2.77. The zero-order valence-electron chi connectivity index (χ0n) is 10.3. The van der Waals surface area contributed by atoms with E-state index in [0.717, 1.165) is 17.8 Å². The molecule has 0 bridgehead atoms. The van der Waals surface area contributed by atoms with Gasteiger partial charge in [0.05, 0.1) is 0 Å². The van der Waals surface area contributed by atoms with E-state index in [9.17, 15) is 4.79 Å². The Hall–Kier alpha value is -2.09. The molecule has 2 aromatic carbocycles. The molecular formula is C16H15NO. The first-order chi connectivity index (χ1) is 8.77. The Bertz CT molecular complexity index is 577. The molecule has 3 rings (SSSR count). The van der Waals surface area contributed by atoms with Crippen LogP contribution in [-0.4, -0.2) is 12.5 Å². The molecule has 1 amide bonds. The second-order valence-corrected chi connectivity index (χ2v) is 4.74. The van der Waals surface area contributed by atoms with Crippen molar-refractivity contribution in [1.29, 1.82) is 0 Å². The standard InChI is InChI=1S/C16H15NO/c1-12-11-17(15-10-6-5-9-14(12)15)16(18)13-7-3-2-4-8-13/h2-10,12H,11H2,1H3. The topological polar surface area (TPSA) is 20.3 Å². The van der Waals surface area contributed by atoms with Gasteiger partial charge in [0.15, 0.2) is 0 Å². The maximum atomic E-state index is 12.5. The van der Waals surface area contributed by atoms with Gasteiger partial charge in [-0.1, -0.05) is 43.3 Å². The lowest BCUT2D eigenvalue weighted by Gasteiger charge is -2.17. The molecule has 0 aliphatic carbocycles. The molecule has 1 atom stereocenters. The molecule has 0 aromatic heterocycles. The summed E-state index contributed by atoms with van der Waals surface area (Å²) in [7, 11) is 0. The molecule has 0 fully saturated rings. The third kappa shape index (κ3) is 1.70. The predicted octanol–water partition coefficient (Wildman–Crippen LogP) is 3.45. The zero-order valence-corrected chi connectivity index (χ0v) is 10.3. The minimum absolute atomic E-state index is 0.0902.